The van der Waals surface area contributed by atoms with E-state index in [0.29, 0.717) is 27.9 Å². The molecule has 2 heterocycles. The first kappa shape index (κ1) is 11.1. The van der Waals surface area contributed by atoms with Crippen LogP contribution in [0.15, 0.2) is 41.2 Å². The van der Waals surface area contributed by atoms with E-state index in [4.69, 9.17) is 10.3 Å². The molecular weight excluding hydrogens is 248 g/mol. The normalized spacial score (nSPS) is 10.7. The summed E-state index contributed by atoms with van der Waals surface area (Å²) >= 11 is 0. The molecule has 7 heteroatoms. The number of nitrogens with two attached hydrogens (primary N) is 1. The van der Waals surface area contributed by atoms with Crippen LogP contribution in [0.3, 0.4) is 0 Å². The number of hydrogen-bond acceptors (Lipinski definition) is 6. The lowest BCUT2D eigenvalue weighted by Crippen LogP contribution is -1.89. The summed E-state index contributed by atoms with van der Waals surface area (Å²) in [6, 6.07) is 6.03. The zero-order valence-electron chi connectivity index (χ0n) is 9.61. The van der Waals surface area contributed by atoms with Crippen LogP contribution in [0.1, 0.15) is 0 Å². The first-order valence-corrected chi connectivity index (χ1v) is 5.40. The SMILES string of the molecule is Nc1cncc2onc(-c3ccc([N+](=O)[O-])cc3)c12. The Balaban J connectivity index is 2.16. The quantitative estimate of drug-likeness (QED) is 0.557. The second-order valence-corrected chi connectivity index (χ2v) is 3.94. The van der Waals surface area contributed by atoms with Gasteiger partial charge in [0.2, 0.25) is 0 Å². The average molecular weight is 256 g/mol. The Hall–Kier alpha value is -2.96. The van der Waals surface area contributed by atoms with Crippen molar-refractivity contribution in [1.82, 2.24) is 10.1 Å². The number of non-ortho nitro benzene ring substituents is 1. The van der Waals surface area contributed by atoms with Crippen molar-refractivity contribution >= 4 is 22.3 Å². The lowest BCUT2D eigenvalue weighted by atomic mass is 10.1. The van der Waals surface area contributed by atoms with Gasteiger partial charge < -0.3 is 10.3 Å². The zero-order chi connectivity index (χ0) is 13.4. The molecule has 2 aromatic heterocycles. The number of aromatic nitrogens is 2. The highest BCUT2D eigenvalue weighted by molar-refractivity contribution is 5.99. The number of rotatable bonds is 2. The van der Waals surface area contributed by atoms with Crippen molar-refractivity contribution in [2.75, 3.05) is 5.73 Å². The van der Waals surface area contributed by atoms with Crippen LogP contribution in [0, 0.1) is 10.1 Å². The summed E-state index contributed by atoms with van der Waals surface area (Å²) < 4.78 is 5.14. The fourth-order valence-corrected chi connectivity index (χ4v) is 1.86. The summed E-state index contributed by atoms with van der Waals surface area (Å²) in [5.41, 5.74) is 8.04. The van der Waals surface area contributed by atoms with E-state index in [-0.39, 0.29) is 5.69 Å². The van der Waals surface area contributed by atoms with Crippen molar-refractivity contribution in [3.63, 3.8) is 0 Å². The molecule has 19 heavy (non-hydrogen) atoms. The van der Waals surface area contributed by atoms with Crippen LogP contribution in [0.25, 0.3) is 22.2 Å². The molecule has 0 saturated heterocycles. The average Bonchev–Trinajstić information content (AvgIpc) is 2.84. The number of hydrogen-bond donors (Lipinski definition) is 1. The molecule has 3 aromatic rings. The maximum absolute atomic E-state index is 10.6. The van der Waals surface area contributed by atoms with Crippen LogP contribution in [0.4, 0.5) is 11.4 Å². The molecule has 3 rings (SSSR count). The minimum atomic E-state index is -0.455. The molecule has 0 bridgehead atoms. The Morgan fingerprint density at radius 3 is 2.63 bits per heavy atom. The van der Waals surface area contributed by atoms with E-state index in [1.54, 1.807) is 12.1 Å². The second-order valence-electron chi connectivity index (χ2n) is 3.94. The van der Waals surface area contributed by atoms with E-state index in [1.165, 1.54) is 24.5 Å². The fraction of sp³-hybridized carbons (Fsp3) is 0. The van der Waals surface area contributed by atoms with Crippen LogP contribution >= 0.6 is 0 Å². The van der Waals surface area contributed by atoms with E-state index >= 15 is 0 Å². The summed E-state index contributed by atoms with van der Waals surface area (Å²) in [4.78, 5) is 14.1. The topological polar surface area (TPSA) is 108 Å². The molecule has 0 aliphatic rings. The van der Waals surface area contributed by atoms with E-state index in [0.717, 1.165) is 0 Å². The van der Waals surface area contributed by atoms with Crippen LogP contribution < -0.4 is 5.73 Å². The number of anilines is 1. The summed E-state index contributed by atoms with van der Waals surface area (Å²) in [5, 5.41) is 15.2. The van der Waals surface area contributed by atoms with Crippen molar-refractivity contribution in [1.29, 1.82) is 0 Å². The summed E-state index contributed by atoms with van der Waals surface area (Å²) in [5.74, 6) is 0. The largest absolute Gasteiger partial charge is 0.397 e. The molecule has 0 aliphatic carbocycles. The van der Waals surface area contributed by atoms with Gasteiger partial charge in [-0.05, 0) is 12.1 Å². The smallest absolute Gasteiger partial charge is 0.269 e. The number of nitro groups is 1. The molecule has 0 fully saturated rings. The Morgan fingerprint density at radius 1 is 1.21 bits per heavy atom. The van der Waals surface area contributed by atoms with Crippen LogP contribution in [-0.2, 0) is 0 Å². The molecule has 0 atom stereocenters. The molecule has 0 unspecified atom stereocenters. The highest BCUT2D eigenvalue weighted by Gasteiger charge is 2.14. The Kier molecular flexibility index (Phi) is 2.38. The van der Waals surface area contributed by atoms with E-state index < -0.39 is 4.92 Å². The Bertz CT molecular complexity index is 764. The number of benzene rings is 1. The van der Waals surface area contributed by atoms with E-state index in [1.807, 2.05) is 0 Å². The van der Waals surface area contributed by atoms with Crippen molar-refractivity contribution in [3.05, 3.63) is 46.8 Å². The number of fused-ring (bicyclic) bond motifs is 1. The number of nitrogen functional groups attached to an aromatic ring is 1. The van der Waals surface area contributed by atoms with Gasteiger partial charge in [0.15, 0.2) is 5.58 Å². The first-order valence-electron chi connectivity index (χ1n) is 5.40. The van der Waals surface area contributed by atoms with Crippen molar-refractivity contribution in [3.8, 4) is 11.3 Å². The number of nitrogens with zero attached hydrogens (tertiary/aromatic N) is 3. The summed E-state index contributed by atoms with van der Waals surface area (Å²) in [6.45, 7) is 0. The lowest BCUT2D eigenvalue weighted by molar-refractivity contribution is -0.384. The molecule has 94 valence electrons. The van der Waals surface area contributed by atoms with Gasteiger partial charge in [0.05, 0.1) is 28.4 Å². The Labute approximate surface area is 106 Å². The van der Waals surface area contributed by atoms with Gasteiger partial charge in [-0.2, -0.15) is 0 Å². The third-order valence-electron chi connectivity index (χ3n) is 2.76. The molecule has 2 N–H and O–H groups in total. The monoisotopic (exact) mass is 256 g/mol. The van der Waals surface area contributed by atoms with E-state index in [9.17, 15) is 10.1 Å². The van der Waals surface area contributed by atoms with Gasteiger partial charge in [-0.15, -0.1) is 0 Å². The third kappa shape index (κ3) is 1.77. The molecule has 0 saturated carbocycles. The van der Waals surface area contributed by atoms with E-state index in [2.05, 4.69) is 10.1 Å². The fourth-order valence-electron chi connectivity index (χ4n) is 1.86. The molecule has 7 nitrogen and oxygen atoms in total. The molecule has 0 radical (unpaired) electrons. The minimum absolute atomic E-state index is 0.0196. The molecular formula is C12H8N4O3. The van der Waals surface area contributed by atoms with Crippen LogP contribution in [0.2, 0.25) is 0 Å². The van der Waals surface area contributed by atoms with Gasteiger partial charge in [-0.3, -0.25) is 15.1 Å². The molecule has 1 aromatic carbocycles. The van der Waals surface area contributed by atoms with Gasteiger partial charge in [-0.25, -0.2) is 0 Å². The second kappa shape index (κ2) is 4.05. The standard InChI is InChI=1S/C12H8N4O3/c13-9-5-14-6-10-11(9)12(15-19-10)7-1-3-8(4-2-7)16(17)18/h1-6H,13H2. The highest BCUT2D eigenvalue weighted by atomic mass is 16.6. The van der Waals surface area contributed by atoms with Gasteiger partial charge >= 0.3 is 0 Å². The molecule has 0 spiro atoms. The summed E-state index contributed by atoms with van der Waals surface area (Å²) in [7, 11) is 0. The van der Waals surface area contributed by atoms with Gasteiger partial charge in [0.1, 0.15) is 5.69 Å². The lowest BCUT2D eigenvalue weighted by Gasteiger charge is -1.98. The molecule has 0 aliphatic heterocycles. The van der Waals surface area contributed by atoms with Gasteiger partial charge in [0.25, 0.3) is 5.69 Å². The van der Waals surface area contributed by atoms with Gasteiger partial charge in [-0.1, -0.05) is 5.16 Å². The number of nitro benzene ring substituents is 1. The zero-order valence-corrected chi connectivity index (χ0v) is 9.61. The van der Waals surface area contributed by atoms with Crippen molar-refractivity contribution in [2.24, 2.45) is 0 Å². The van der Waals surface area contributed by atoms with Crippen molar-refractivity contribution < 1.29 is 9.45 Å². The first-order chi connectivity index (χ1) is 9.16. The maximum atomic E-state index is 10.6. The highest BCUT2D eigenvalue weighted by Crippen LogP contribution is 2.31. The molecule has 0 amide bonds. The van der Waals surface area contributed by atoms with Crippen LogP contribution in [0.5, 0.6) is 0 Å². The van der Waals surface area contributed by atoms with Crippen molar-refractivity contribution in [2.45, 2.75) is 0 Å². The minimum Gasteiger partial charge on any atom is -0.397 e. The maximum Gasteiger partial charge on any atom is 0.269 e. The van der Waals surface area contributed by atoms with Crippen LogP contribution in [-0.4, -0.2) is 15.1 Å². The Morgan fingerprint density at radius 2 is 1.95 bits per heavy atom. The third-order valence-corrected chi connectivity index (χ3v) is 2.76. The predicted octanol–water partition coefficient (Wildman–Crippen LogP) is 2.38. The summed E-state index contributed by atoms with van der Waals surface area (Å²) in [6.07, 6.45) is 3.03. The number of pyridine rings is 1. The predicted molar refractivity (Wildman–Crippen MR) is 68.3 cm³/mol. The van der Waals surface area contributed by atoms with Gasteiger partial charge in [0, 0.05) is 17.7 Å².